The van der Waals surface area contributed by atoms with Crippen molar-refractivity contribution in [1.82, 2.24) is 0 Å². The van der Waals surface area contributed by atoms with Crippen LogP contribution in [0.25, 0.3) is 0 Å². The number of aliphatic carboxylic acids is 6. The van der Waals surface area contributed by atoms with Crippen LogP contribution in [0.2, 0.25) is 0 Å². The zero-order valence-electron chi connectivity index (χ0n) is 22.0. The lowest BCUT2D eigenvalue weighted by Crippen LogP contribution is -2.68. The van der Waals surface area contributed by atoms with Gasteiger partial charge < -0.3 is 82.3 Å². The van der Waals surface area contributed by atoms with E-state index in [1.807, 2.05) is 0 Å². The molecule has 18 heteroatoms. The number of unbranched alkanes of at least 4 members (excludes halogenated alkanes) is 2. The highest BCUT2D eigenvalue weighted by Crippen LogP contribution is 1.96. The summed E-state index contributed by atoms with van der Waals surface area (Å²) >= 11 is 0. The average Bonchev–Trinajstić information content (AvgIpc) is 2.86. The van der Waals surface area contributed by atoms with Crippen LogP contribution in [0.5, 0.6) is 0 Å². The zero-order valence-corrected chi connectivity index (χ0v) is 22.0. The van der Waals surface area contributed by atoms with Crippen molar-refractivity contribution in [3.05, 3.63) is 0 Å². The third-order valence-corrected chi connectivity index (χ3v) is 4.35. The van der Waals surface area contributed by atoms with Gasteiger partial charge >= 0.3 is 5.97 Å². The number of carbonyl (C=O) groups is 8. The molecule has 0 spiro atoms. The predicted molar refractivity (Wildman–Crippen MR) is 132 cm³/mol. The quantitative estimate of drug-likeness (QED) is 0.0543. The van der Waals surface area contributed by atoms with Gasteiger partial charge in [0, 0.05) is 37.6 Å². The second-order valence-electron chi connectivity index (χ2n) is 7.92. The first-order chi connectivity index (χ1) is 18.4. The topological polar surface area (TPSA) is 381 Å². The summed E-state index contributed by atoms with van der Waals surface area (Å²) in [7, 11) is 0. The lowest BCUT2D eigenvalue weighted by Gasteiger charge is -2.08. The molecule has 248 valence electrons. The molecule has 0 saturated carbocycles. The highest BCUT2D eigenvalue weighted by Gasteiger charge is 2.09. The molecule has 0 aliphatic carbocycles. The van der Waals surface area contributed by atoms with Crippen molar-refractivity contribution >= 4 is 47.9 Å². The van der Waals surface area contributed by atoms with E-state index in [0.717, 1.165) is 25.7 Å². The minimum atomic E-state index is -1.86. The molecule has 1 unspecified atom stereocenters. The fourth-order valence-corrected chi connectivity index (χ4v) is 1.96. The van der Waals surface area contributed by atoms with Gasteiger partial charge in [0.05, 0.1) is 18.5 Å². The molecular weight excluding hydrogens is 568 g/mol. The van der Waals surface area contributed by atoms with Crippen LogP contribution in [0.4, 0.5) is 0 Å². The van der Waals surface area contributed by atoms with Crippen LogP contribution in [-0.4, -0.2) is 77.7 Å². The van der Waals surface area contributed by atoms with Gasteiger partial charge in [-0.1, -0.05) is 14.9 Å². The zero-order chi connectivity index (χ0) is 32.3. The number of hydrogen-bond donors (Lipinski definition) is 5. The van der Waals surface area contributed by atoms with E-state index in [-0.39, 0.29) is 27.7 Å². The Morgan fingerprint density at radius 1 is 0.714 bits per heavy atom. The molecule has 0 aliphatic rings. The molecule has 0 aromatic heterocycles. The van der Waals surface area contributed by atoms with E-state index in [1.54, 1.807) is 0 Å². The molecule has 0 fully saturated rings. The molecule has 0 aromatic rings. The first-order valence-corrected chi connectivity index (χ1v) is 11.9. The van der Waals surface area contributed by atoms with Crippen molar-refractivity contribution in [2.75, 3.05) is 6.54 Å². The Morgan fingerprint density at radius 3 is 1.50 bits per heavy atom. The van der Waals surface area contributed by atoms with E-state index in [4.69, 9.17) is 10.8 Å². The summed E-state index contributed by atoms with van der Waals surface area (Å²) in [5.74, 6) is -9.19. The van der Waals surface area contributed by atoms with E-state index in [2.05, 4.69) is 17.2 Å². The summed E-state index contributed by atoms with van der Waals surface area (Å²) in [5, 5.41) is 57.4. The number of ketones is 1. The Balaban J connectivity index is -0.000000101. The molecule has 0 aromatic carbocycles. The summed E-state index contributed by atoms with van der Waals surface area (Å²) in [5.41, 5.74) is 15.4. The first kappa shape index (κ1) is 50.8. The smallest absolute Gasteiger partial charge is 0.320 e. The number of carbonyl (C=O) groups excluding carboxylic acids is 7. The van der Waals surface area contributed by atoms with Crippen LogP contribution in [0.1, 0.15) is 79.1 Å². The van der Waals surface area contributed by atoms with Gasteiger partial charge in [0.1, 0.15) is 30.4 Å². The van der Waals surface area contributed by atoms with Crippen molar-refractivity contribution in [3.8, 4) is 0 Å². The molecule has 0 bridgehead atoms. The molecule has 0 radical (unpaired) electrons. The van der Waals surface area contributed by atoms with Crippen molar-refractivity contribution in [1.29, 1.82) is 0 Å². The Kier molecular flexibility index (Phi) is 40.2. The van der Waals surface area contributed by atoms with Crippen LogP contribution in [0.15, 0.2) is 0 Å². The van der Waals surface area contributed by atoms with E-state index >= 15 is 0 Å². The minimum Gasteiger partial charge on any atom is -0.550 e. The van der Waals surface area contributed by atoms with Gasteiger partial charge in [-0.3, -0.25) is 9.59 Å². The molecule has 0 saturated heterocycles. The van der Waals surface area contributed by atoms with Crippen molar-refractivity contribution in [2.45, 2.75) is 97.2 Å². The lowest BCUT2D eigenvalue weighted by atomic mass is 10.1. The van der Waals surface area contributed by atoms with Gasteiger partial charge in [-0.25, -0.2) is 0 Å². The van der Waals surface area contributed by atoms with Gasteiger partial charge in [-0.05, 0) is 38.5 Å². The monoisotopic (exact) mass is 614 g/mol. The number of carboxylic acid groups (broad SMARTS) is 6. The van der Waals surface area contributed by atoms with Gasteiger partial charge in [-0.2, -0.15) is 0 Å². The van der Waals surface area contributed by atoms with E-state index < -0.39 is 72.6 Å². The number of quaternary nitrogens is 3. The van der Waals surface area contributed by atoms with E-state index in [0.29, 0.717) is 25.7 Å². The number of Topliss-reactive ketones (excluding diaryl/α,β-unsaturated/α-hetero) is 1. The summed E-state index contributed by atoms with van der Waals surface area (Å²) in [6.45, 7) is 0.861. The standard InChI is InChI=1S/C6H14N2O2.C6H11NO3.C5H9NO4.C5H6O5.2CH4/c7-4-2-1-3-5(8)6(9)10;7-5(6(9)10)3-1-2-4-8;2*6-3(5(9)10)1-2-4(7)8;;/h5H,1-4,7-8H2,(H,9,10);4-5H,1-3,7H2,(H,9,10);3H,1-2,6H2,(H,7,8)(H,9,10);1-2H2,(H,7,8)(H,9,10);2*1H4/p-2/t2*5-;;;;/m00..../s1. The number of nitrogens with two attached hydrogens (primary N) is 1. The summed E-state index contributed by atoms with van der Waals surface area (Å²) < 4.78 is 0. The van der Waals surface area contributed by atoms with Crippen molar-refractivity contribution in [2.24, 2.45) is 5.73 Å². The van der Waals surface area contributed by atoms with Gasteiger partial charge in [0.2, 0.25) is 0 Å². The predicted octanol–water partition coefficient (Wildman–Crippen LogP) is -9.49. The van der Waals surface area contributed by atoms with Crippen molar-refractivity contribution < 1.29 is 86.2 Å². The molecule has 0 aliphatic heterocycles. The Labute approximate surface area is 244 Å². The summed E-state index contributed by atoms with van der Waals surface area (Å²) in [4.78, 5) is 79.0. The number of hydrogen-bond acceptors (Lipinski definition) is 14. The summed E-state index contributed by atoms with van der Waals surface area (Å²) in [6.07, 6.45) is 3.06. The van der Waals surface area contributed by atoms with Crippen LogP contribution < -0.4 is 48.5 Å². The molecule has 18 nitrogen and oxygen atoms in total. The van der Waals surface area contributed by atoms with Crippen LogP contribution in [-0.2, 0) is 38.4 Å². The van der Waals surface area contributed by atoms with E-state index in [9.17, 15) is 63.9 Å². The molecule has 0 amide bonds. The molecule has 3 atom stereocenters. The van der Waals surface area contributed by atoms with Gasteiger partial charge in [0.25, 0.3) is 0 Å². The maximum absolute atomic E-state index is 10.1. The van der Waals surface area contributed by atoms with Crippen LogP contribution in [0.3, 0.4) is 0 Å². The average molecular weight is 615 g/mol. The maximum atomic E-state index is 10.1. The Hall–Kier alpha value is -4.00. The lowest BCUT2D eigenvalue weighted by molar-refractivity contribution is -0.439. The van der Waals surface area contributed by atoms with Gasteiger partial charge in [-0.15, -0.1) is 0 Å². The fourth-order valence-electron chi connectivity index (χ4n) is 1.96. The summed E-state index contributed by atoms with van der Waals surface area (Å²) in [6, 6.07) is -2.33. The number of carboxylic acids is 6. The molecule has 12 N–H and O–H groups in total. The second kappa shape index (κ2) is 33.2. The molecule has 0 heterocycles. The first-order valence-electron chi connectivity index (χ1n) is 11.9. The third kappa shape index (κ3) is 43.1. The van der Waals surface area contributed by atoms with Gasteiger partial charge in [0.15, 0.2) is 5.78 Å². The molecule has 0 rings (SSSR count). The second-order valence-corrected chi connectivity index (χ2v) is 7.92. The van der Waals surface area contributed by atoms with Crippen LogP contribution >= 0.6 is 0 Å². The Bertz CT molecular complexity index is 808. The highest BCUT2D eigenvalue weighted by atomic mass is 16.4. The normalized spacial score (nSPS) is 11.1. The number of aldehydes is 1. The fraction of sp³-hybridized carbons (Fsp3) is 0.667. The van der Waals surface area contributed by atoms with Crippen LogP contribution in [0, 0.1) is 0 Å². The Morgan fingerprint density at radius 2 is 1.17 bits per heavy atom. The largest absolute Gasteiger partial charge is 0.550 e. The SMILES string of the molecule is C.C.N[C@@H](CCCC=O)C(=O)O.O=C([O-])CCC(=O)C(=O)[O-].[NH3+]C(CCC(=O)[O-])C(=O)[O-].[NH3+]CCCC[C@H]([NH3+])C(=O)[O-]. The highest BCUT2D eigenvalue weighted by molar-refractivity contribution is 6.31. The van der Waals surface area contributed by atoms with Crippen molar-refractivity contribution in [3.63, 3.8) is 0 Å². The maximum Gasteiger partial charge on any atom is 0.320 e. The molecule has 42 heavy (non-hydrogen) atoms. The minimum absolute atomic E-state index is 0. The third-order valence-electron chi connectivity index (χ3n) is 4.35. The number of rotatable bonds is 18. The van der Waals surface area contributed by atoms with E-state index in [1.165, 1.54) is 0 Å². The molecular formula is C24H46N4O14-2.